The van der Waals surface area contributed by atoms with Crippen molar-refractivity contribution < 1.29 is 14.0 Å². The first-order valence-electron chi connectivity index (χ1n) is 6.16. The summed E-state index contributed by atoms with van der Waals surface area (Å²) < 4.78 is 13.5. The summed E-state index contributed by atoms with van der Waals surface area (Å²) in [5.41, 5.74) is 0.716. The molecule has 1 N–H and O–H groups in total. The number of nitrogens with one attached hydrogen (secondary N) is 1. The van der Waals surface area contributed by atoms with E-state index in [4.69, 9.17) is 0 Å². The Balaban J connectivity index is 2.36. The van der Waals surface area contributed by atoms with E-state index in [-0.39, 0.29) is 5.82 Å². The van der Waals surface area contributed by atoms with Crippen molar-refractivity contribution in [3.8, 4) is 0 Å². The molecule has 0 radical (unpaired) electrons. The van der Waals surface area contributed by atoms with Crippen molar-refractivity contribution in [2.24, 2.45) is 0 Å². The molecule has 0 fully saturated rings. The molecule has 0 atom stereocenters. The Hall–Kier alpha value is -2.75. The van der Waals surface area contributed by atoms with Crippen molar-refractivity contribution in [2.75, 3.05) is 0 Å². The molecule has 1 aliphatic heterocycles. The highest BCUT2D eigenvalue weighted by Gasteiger charge is 2.31. The van der Waals surface area contributed by atoms with Gasteiger partial charge >= 0.3 is 0 Å². The van der Waals surface area contributed by atoms with Gasteiger partial charge in [0, 0.05) is 0 Å². The highest BCUT2D eigenvalue weighted by molar-refractivity contribution is 6.33. The van der Waals surface area contributed by atoms with E-state index in [1.54, 1.807) is 18.2 Å². The fourth-order valence-corrected chi connectivity index (χ4v) is 2.86. The second-order valence-electron chi connectivity index (χ2n) is 4.77. The predicted octanol–water partition coefficient (Wildman–Crippen LogP) is 3.02. The van der Waals surface area contributed by atoms with Crippen molar-refractivity contribution in [1.82, 2.24) is 5.32 Å². The third kappa shape index (κ3) is 1.28. The summed E-state index contributed by atoms with van der Waals surface area (Å²) >= 11 is 0. The van der Waals surface area contributed by atoms with E-state index in [1.165, 1.54) is 12.1 Å². The minimum atomic E-state index is -0.424. The molecule has 2 amide bonds. The lowest BCUT2D eigenvalue weighted by atomic mass is 9.93. The van der Waals surface area contributed by atoms with Gasteiger partial charge < -0.3 is 0 Å². The third-order valence-electron chi connectivity index (χ3n) is 3.67. The van der Waals surface area contributed by atoms with E-state index < -0.39 is 11.8 Å². The van der Waals surface area contributed by atoms with Crippen molar-refractivity contribution >= 4 is 33.4 Å². The molecule has 0 saturated carbocycles. The second kappa shape index (κ2) is 3.63. The minimum Gasteiger partial charge on any atom is -0.288 e. The number of hydrogen-bond donors (Lipinski definition) is 1. The van der Waals surface area contributed by atoms with Crippen molar-refractivity contribution in [2.45, 2.75) is 0 Å². The van der Waals surface area contributed by atoms with E-state index >= 15 is 0 Å². The quantitative estimate of drug-likeness (QED) is 0.501. The molecule has 96 valence electrons. The largest absolute Gasteiger partial charge is 0.288 e. The second-order valence-corrected chi connectivity index (χ2v) is 4.77. The normalized spacial score (nSPS) is 13.8. The Labute approximate surface area is 113 Å². The standard InChI is InChI=1S/C16H8FNO2/c17-8-5-6-11-12(7-8)9-3-1-2-4-10(9)13-14(11)16(20)18-15(13)19/h1-7H,(H,18,19,20). The summed E-state index contributed by atoms with van der Waals surface area (Å²) in [6, 6.07) is 11.5. The van der Waals surface area contributed by atoms with Gasteiger partial charge in [-0.15, -0.1) is 0 Å². The van der Waals surface area contributed by atoms with E-state index in [1.807, 2.05) is 12.1 Å². The summed E-state index contributed by atoms with van der Waals surface area (Å²) in [5, 5.41) is 4.99. The Morgan fingerprint density at radius 2 is 1.35 bits per heavy atom. The molecule has 4 rings (SSSR count). The topological polar surface area (TPSA) is 46.2 Å². The van der Waals surface area contributed by atoms with Gasteiger partial charge in [0.1, 0.15) is 5.82 Å². The van der Waals surface area contributed by atoms with Crippen molar-refractivity contribution in [3.05, 3.63) is 59.4 Å². The van der Waals surface area contributed by atoms with Crippen LogP contribution in [-0.2, 0) is 0 Å². The van der Waals surface area contributed by atoms with Gasteiger partial charge in [0.25, 0.3) is 11.8 Å². The van der Waals surface area contributed by atoms with E-state index in [0.29, 0.717) is 27.3 Å². The lowest BCUT2D eigenvalue weighted by Gasteiger charge is -2.08. The third-order valence-corrected chi connectivity index (χ3v) is 3.67. The van der Waals surface area contributed by atoms with Crippen LogP contribution < -0.4 is 5.32 Å². The molecule has 0 bridgehead atoms. The Kier molecular flexibility index (Phi) is 2.02. The highest BCUT2D eigenvalue weighted by atomic mass is 19.1. The van der Waals surface area contributed by atoms with Crippen LogP contribution in [0.4, 0.5) is 4.39 Å². The summed E-state index contributed by atoms with van der Waals surface area (Å²) in [5.74, 6) is -1.19. The van der Waals surface area contributed by atoms with E-state index in [2.05, 4.69) is 5.32 Å². The molecule has 20 heavy (non-hydrogen) atoms. The molecule has 3 aromatic rings. The molecule has 1 heterocycles. The zero-order valence-electron chi connectivity index (χ0n) is 10.2. The van der Waals surface area contributed by atoms with E-state index in [0.717, 1.165) is 5.39 Å². The van der Waals surface area contributed by atoms with Crippen LogP contribution in [0.25, 0.3) is 21.5 Å². The number of fused-ring (bicyclic) bond motifs is 6. The summed E-state index contributed by atoms with van der Waals surface area (Å²) in [7, 11) is 0. The fraction of sp³-hybridized carbons (Fsp3) is 0. The Bertz CT molecular complexity index is 931. The van der Waals surface area contributed by atoms with Crippen molar-refractivity contribution in [3.63, 3.8) is 0 Å². The van der Waals surface area contributed by atoms with Crippen LogP contribution >= 0.6 is 0 Å². The van der Waals surface area contributed by atoms with Gasteiger partial charge in [0.15, 0.2) is 0 Å². The Morgan fingerprint density at radius 1 is 0.750 bits per heavy atom. The van der Waals surface area contributed by atoms with Gasteiger partial charge in [-0.25, -0.2) is 4.39 Å². The summed E-state index contributed by atoms with van der Waals surface area (Å²) in [4.78, 5) is 24.0. The van der Waals surface area contributed by atoms with Crippen LogP contribution in [0.3, 0.4) is 0 Å². The number of carbonyl (C=O) groups excluding carboxylic acids is 2. The lowest BCUT2D eigenvalue weighted by molar-refractivity contribution is 0.0880. The van der Waals surface area contributed by atoms with Gasteiger partial charge in [-0.05, 0) is 33.7 Å². The van der Waals surface area contributed by atoms with Crippen LogP contribution in [-0.4, -0.2) is 11.8 Å². The lowest BCUT2D eigenvalue weighted by Crippen LogP contribution is -2.20. The molecule has 3 aromatic carbocycles. The van der Waals surface area contributed by atoms with Crippen LogP contribution in [0.15, 0.2) is 42.5 Å². The van der Waals surface area contributed by atoms with Gasteiger partial charge in [0.2, 0.25) is 0 Å². The molecule has 0 spiro atoms. The first-order valence-corrected chi connectivity index (χ1v) is 6.16. The smallest absolute Gasteiger partial charge is 0.259 e. The molecule has 3 nitrogen and oxygen atoms in total. The number of rotatable bonds is 0. The van der Waals surface area contributed by atoms with Gasteiger partial charge in [0.05, 0.1) is 11.1 Å². The van der Waals surface area contributed by atoms with Crippen LogP contribution in [0, 0.1) is 5.82 Å². The molecule has 0 aromatic heterocycles. The maximum Gasteiger partial charge on any atom is 0.259 e. The number of imide groups is 1. The predicted molar refractivity (Wildman–Crippen MR) is 73.2 cm³/mol. The molecule has 4 heteroatoms. The van der Waals surface area contributed by atoms with Crippen molar-refractivity contribution in [1.29, 1.82) is 0 Å². The Morgan fingerprint density at radius 3 is 2.05 bits per heavy atom. The zero-order chi connectivity index (χ0) is 13.9. The fourth-order valence-electron chi connectivity index (χ4n) is 2.86. The molecular formula is C16H8FNO2. The molecule has 0 aliphatic carbocycles. The molecule has 0 unspecified atom stereocenters. The van der Waals surface area contributed by atoms with Crippen LogP contribution in [0.2, 0.25) is 0 Å². The van der Waals surface area contributed by atoms with Gasteiger partial charge in [-0.1, -0.05) is 30.3 Å². The summed E-state index contributed by atoms with van der Waals surface area (Å²) in [6.07, 6.45) is 0. The first-order chi connectivity index (χ1) is 9.66. The monoisotopic (exact) mass is 265 g/mol. The van der Waals surface area contributed by atoms with E-state index in [9.17, 15) is 14.0 Å². The minimum absolute atomic E-state index is 0.337. The molecule has 0 saturated heterocycles. The average Bonchev–Trinajstić information content (AvgIpc) is 2.74. The van der Waals surface area contributed by atoms with Crippen LogP contribution in [0.1, 0.15) is 20.7 Å². The molecule has 1 aliphatic rings. The number of halogens is 1. The number of carbonyl (C=O) groups is 2. The highest BCUT2D eigenvalue weighted by Crippen LogP contribution is 2.35. The molecular weight excluding hydrogens is 257 g/mol. The average molecular weight is 265 g/mol. The maximum absolute atomic E-state index is 13.5. The summed E-state index contributed by atoms with van der Waals surface area (Å²) in [6.45, 7) is 0. The zero-order valence-corrected chi connectivity index (χ0v) is 10.2. The number of benzene rings is 3. The van der Waals surface area contributed by atoms with Gasteiger partial charge in [-0.2, -0.15) is 0 Å². The SMILES string of the molecule is O=C1NC(=O)c2c1c1ccccc1c1cc(F)ccc21. The first kappa shape index (κ1) is 11.1. The number of hydrogen-bond acceptors (Lipinski definition) is 2. The van der Waals surface area contributed by atoms with Gasteiger partial charge in [-0.3, -0.25) is 14.9 Å². The van der Waals surface area contributed by atoms with Crippen LogP contribution in [0.5, 0.6) is 0 Å². The maximum atomic E-state index is 13.5. The number of amides is 2.